The zero-order valence-electron chi connectivity index (χ0n) is 14.3. The minimum Gasteiger partial charge on any atom is -0.491 e. The number of rotatable bonds is 6. The zero-order valence-corrected chi connectivity index (χ0v) is 14.3. The maximum atomic E-state index is 12.7. The molecule has 132 valence electrons. The highest BCUT2D eigenvalue weighted by Gasteiger charge is 2.18. The number of nitrogen functional groups attached to an aromatic ring is 1. The molecule has 0 aliphatic rings. The molecule has 2 aromatic rings. The van der Waals surface area contributed by atoms with Crippen molar-refractivity contribution in [1.82, 2.24) is 4.98 Å². The third-order valence-electron chi connectivity index (χ3n) is 3.34. The molecular weight excluding hydrogens is 324 g/mol. The lowest BCUT2D eigenvalue weighted by Crippen LogP contribution is -2.12. The molecule has 0 amide bonds. The van der Waals surface area contributed by atoms with Crippen LogP contribution in [0.2, 0.25) is 0 Å². The van der Waals surface area contributed by atoms with Crippen molar-refractivity contribution in [3.63, 3.8) is 0 Å². The van der Waals surface area contributed by atoms with E-state index in [-0.39, 0.29) is 35.2 Å². The molecule has 0 unspecified atom stereocenters. The van der Waals surface area contributed by atoms with Crippen LogP contribution in [0.25, 0.3) is 0 Å². The lowest BCUT2D eigenvalue weighted by molar-refractivity contribution is 0.0600. The summed E-state index contributed by atoms with van der Waals surface area (Å²) < 4.78 is 10.2. The van der Waals surface area contributed by atoms with Gasteiger partial charge in [-0.25, -0.2) is 9.78 Å². The van der Waals surface area contributed by atoms with Crippen molar-refractivity contribution in [1.29, 1.82) is 0 Å². The normalized spacial score (nSPS) is 10.6. The Morgan fingerprint density at radius 3 is 2.48 bits per heavy atom. The first-order valence-corrected chi connectivity index (χ1v) is 7.65. The van der Waals surface area contributed by atoms with Gasteiger partial charge in [0.15, 0.2) is 0 Å². The Morgan fingerprint density at radius 1 is 1.20 bits per heavy atom. The molecule has 2 rings (SSSR count). The summed E-state index contributed by atoms with van der Waals surface area (Å²) in [5, 5.41) is 9.39. The van der Waals surface area contributed by atoms with Crippen molar-refractivity contribution < 1.29 is 24.2 Å². The third-order valence-corrected chi connectivity index (χ3v) is 3.34. The van der Waals surface area contributed by atoms with Crippen molar-refractivity contribution in [3.8, 4) is 5.75 Å². The van der Waals surface area contributed by atoms with Gasteiger partial charge in [-0.2, -0.15) is 0 Å². The van der Waals surface area contributed by atoms with E-state index in [0.29, 0.717) is 11.3 Å². The quantitative estimate of drug-likeness (QED) is 0.608. The molecule has 1 heterocycles. The Hall–Kier alpha value is -2.93. The van der Waals surface area contributed by atoms with E-state index in [9.17, 15) is 14.7 Å². The summed E-state index contributed by atoms with van der Waals surface area (Å²) in [5.74, 6) is -0.555. The minimum atomic E-state index is -0.590. The van der Waals surface area contributed by atoms with E-state index in [1.807, 2.05) is 13.8 Å². The molecule has 0 bridgehead atoms. The highest BCUT2D eigenvalue weighted by atomic mass is 16.5. The summed E-state index contributed by atoms with van der Waals surface area (Å²) in [7, 11) is 1.24. The number of nitrogens with zero attached hydrogens (tertiary/aromatic N) is 1. The summed E-state index contributed by atoms with van der Waals surface area (Å²) in [5.41, 5.74) is 6.92. The molecule has 0 fully saturated rings. The maximum absolute atomic E-state index is 12.7. The summed E-state index contributed by atoms with van der Waals surface area (Å²) in [4.78, 5) is 28.2. The number of methoxy groups -OCH3 is 1. The molecule has 0 aliphatic carbocycles. The second-order valence-corrected chi connectivity index (χ2v) is 5.67. The van der Waals surface area contributed by atoms with E-state index in [4.69, 9.17) is 10.5 Å². The highest BCUT2D eigenvalue weighted by molar-refractivity contribution is 6.11. The molecule has 0 saturated carbocycles. The van der Waals surface area contributed by atoms with Crippen LogP contribution in [0.15, 0.2) is 30.5 Å². The van der Waals surface area contributed by atoms with Gasteiger partial charge < -0.3 is 20.3 Å². The average molecular weight is 344 g/mol. The van der Waals surface area contributed by atoms with Crippen molar-refractivity contribution >= 4 is 17.4 Å². The Labute approximate surface area is 145 Å². The SMILES string of the molecule is COC(=O)c1cnc(C(=O)c2cc(CO)cc(OC(C)C)c2)c(N)c1. The van der Waals surface area contributed by atoms with Gasteiger partial charge in [-0.3, -0.25) is 4.79 Å². The topological polar surface area (TPSA) is 112 Å². The molecule has 0 atom stereocenters. The molecule has 0 radical (unpaired) electrons. The molecule has 7 heteroatoms. The van der Waals surface area contributed by atoms with Crippen molar-refractivity contribution in [2.75, 3.05) is 12.8 Å². The number of anilines is 1. The maximum Gasteiger partial charge on any atom is 0.339 e. The van der Waals surface area contributed by atoms with Gasteiger partial charge in [0.25, 0.3) is 0 Å². The van der Waals surface area contributed by atoms with Crippen molar-refractivity contribution in [2.24, 2.45) is 0 Å². The summed E-state index contributed by atoms with van der Waals surface area (Å²) in [6.45, 7) is 3.48. The fourth-order valence-electron chi connectivity index (χ4n) is 2.26. The van der Waals surface area contributed by atoms with Gasteiger partial charge in [0.05, 0.1) is 31.1 Å². The third kappa shape index (κ3) is 4.33. The van der Waals surface area contributed by atoms with E-state index in [1.165, 1.54) is 19.4 Å². The molecular formula is C18H20N2O5. The molecule has 0 saturated heterocycles. The van der Waals surface area contributed by atoms with E-state index in [1.54, 1.807) is 18.2 Å². The number of aromatic nitrogens is 1. The van der Waals surface area contributed by atoms with Gasteiger partial charge in [-0.05, 0) is 43.7 Å². The smallest absolute Gasteiger partial charge is 0.339 e. The largest absolute Gasteiger partial charge is 0.491 e. The number of carbonyl (C=O) groups excluding carboxylic acids is 2. The van der Waals surface area contributed by atoms with E-state index < -0.39 is 11.8 Å². The van der Waals surface area contributed by atoms with Crippen LogP contribution in [0, 0.1) is 0 Å². The fraction of sp³-hybridized carbons (Fsp3) is 0.278. The molecule has 25 heavy (non-hydrogen) atoms. The Bertz CT molecular complexity index is 802. The van der Waals surface area contributed by atoms with Gasteiger partial charge in [0.2, 0.25) is 5.78 Å². The number of carbonyl (C=O) groups is 2. The van der Waals surface area contributed by atoms with Gasteiger partial charge in [0.1, 0.15) is 11.4 Å². The number of benzene rings is 1. The van der Waals surface area contributed by atoms with Crippen LogP contribution in [-0.4, -0.2) is 35.1 Å². The van der Waals surface area contributed by atoms with Gasteiger partial charge in [-0.15, -0.1) is 0 Å². The number of ether oxygens (including phenoxy) is 2. The highest BCUT2D eigenvalue weighted by Crippen LogP contribution is 2.23. The van der Waals surface area contributed by atoms with Crippen molar-refractivity contribution in [2.45, 2.75) is 26.6 Å². The van der Waals surface area contributed by atoms with Crippen LogP contribution in [0.1, 0.15) is 45.8 Å². The van der Waals surface area contributed by atoms with Crippen LogP contribution in [0.5, 0.6) is 5.75 Å². The molecule has 7 nitrogen and oxygen atoms in total. The number of pyridine rings is 1. The van der Waals surface area contributed by atoms with E-state index in [2.05, 4.69) is 9.72 Å². The van der Waals surface area contributed by atoms with Crippen LogP contribution < -0.4 is 10.5 Å². The summed E-state index contributed by atoms with van der Waals surface area (Å²) >= 11 is 0. The Morgan fingerprint density at radius 2 is 1.92 bits per heavy atom. The summed E-state index contributed by atoms with van der Waals surface area (Å²) in [6.07, 6.45) is 1.15. The minimum absolute atomic E-state index is 0.0123. The number of esters is 1. The number of ketones is 1. The monoisotopic (exact) mass is 344 g/mol. The number of aliphatic hydroxyl groups is 1. The second kappa shape index (κ2) is 7.76. The predicted octanol–water partition coefficient (Wildman–Crippen LogP) is 1.96. The van der Waals surface area contributed by atoms with E-state index >= 15 is 0 Å². The van der Waals surface area contributed by atoms with Crippen LogP contribution in [-0.2, 0) is 11.3 Å². The first kappa shape index (κ1) is 18.4. The second-order valence-electron chi connectivity index (χ2n) is 5.67. The van der Waals surface area contributed by atoms with Gasteiger partial charge >= 0.3 is 5.97 Å². The first-order valence-electron chi connectivity index (χ1n) is 7.65. The fourth-order valence-corrected chi connectivity index (χ4v) is 2.26. The van der Waals surface area contributed by atoms with E-state index in [0.717, 1.165) is 0 Å². The average Bonchev–Trinajstić information content (AvgIpc) is 2.59. The number of aliphatic hydroxyl groups excluding tert-OH is 1. The molecule has 0 aliphatic heterocycles. The Kier molecular flexibility index (Phi) is 5.71. The zero-order chi connectivity index (χ0) is 18.6. The first-order chi connectivity index (χ1) is 11.8. The lowest BCUT2D eigenvalue weighted by atomic mass is 10.0. The number of hydrogen-bond acceptors (Lipinski definition) is 7. The summed E-state index contributed by atoms with van der Waals surface area (Å²) in [6, 6.07) is 6.11. The van der Waals surface area contributed by atoms with Crippen LogP contribution in [0.3, 0.4) is 0 Å². The predicted molar refractivity (Wildman–Crippen MR) is 91.6 cm³/mol. The standard InChI is InChI=1S/C18H20N2O5/c1-10(2)25-14-5-11(9-21)4-12(6-14)17(22)16-15(19)7-13(8-20-16)18(23)24-3/h4-8,10,21H,9,19H2,1-3H3. The molecule has 1 aromatic carbocycles. The van der Waals surface area contributed by atoms with Gasteiger partial charge in [-0.1, -0.05) is 0 Å². The molecule has 0 spiro atoms. The van der Waals surface area contributed by atoms with Crippen LogP contribution in [0.4, 0.5) is 5.69 Å². The number of hydrogen-bond donors (Lipinski definition) is 2. The lowest BCUT2D eigenvalue weighted by Gasteiger charge is -2.13. The Balaban J connectivity index is 2.41. The van der Waals surface area contributed by atoms with Crippen molar-refractivity contribution in [3.05, 3.63) is 52.8 Å². The molecule has 1 aromatic heterocycles. The van der Waals surface area contributed by atoms with Gasteiger partial charge in [0, 0.05) is 11.8 Å². The number of nitrogens with two attached hydrogens (primary N) is 1. The molecule has 3 N–H and O–H groups in total. The van der Waals surface area contributed by atoms with Crippen LogP contribution >= 0.6 is 0 Å².